The Kier molecular flexibility index (Phi) is 7.51. The minimum Gasteiger partial charge on any atom is -0.454 e. The summed E-state index contributed by atoms with van der Waals surface area (Å²) < 4.78 is 5.85. The number of furan rings is 1. The summed E-state index contributed by atoms with van der Waals surface area (Å²) in [5, 5.41) is 0. The second kappa shape index (κ2) is 9.84. The van der Waals surface area contributed by atoms with E-state index in [-0.39, 0.29) is 0 Å². The summed E-state index contributed by atoms with van der Waals surface area (Å²) in [6.07, 6.45) is 8.46. The van der Waals surface area contributed by atoms with E-state index < -0.39 is 0 Å². The van der Waals surface area contributed by atoms with Crippen molar-refractivity contribution in [3.8, 4) is 0 Å². The molecule has 0 saturated carbocycles. The predicted molar refractivity (Wildman–Crippen MR) is 121 cm³/mol. The van der Waals surface area contributed by atoms with Gasteiger partial charge in [0.1, 0.15) is 11.5 Å². The summed E-state index contributed by atoms with van der Waals surface area (Å²) in [5.41, 5.74) is 7.66. The lowest BCUT2D eigenvalue weighted by Gasteiger charge is -2.05. The summed E-state index contributed by atoms with van der Waals surface area (Å²) in [4.78, 5) is 9.25. The van der Waals surface area contributed by atoms with Crippen LogP contribution >= 0.6 is 0 Å². The molecule has 2 aromatic rings. The number of allylic oxidation sites excluding steroid dienone is 4. The summed E-state index contributed by atoms with van der Waals surface area (Å²) >= 11 is 0. The van der Waals surface area contributed by atoms with Crippen molar-refractivity contribution in [1.29, 1.82) is 0 Å². The number of hydrogen-bond acceptors (Lipinski definition) is 3. The summed E-state index contributed by atoms with van der Waals surface area (Å²) in [6, 6.07) is 8.09. The molecule has 146 valence electrons. The molecule has 0 aliphatic carbocycles. The van der Waals surface area contributed by atoms with Crippen molar-refractivity contribution in [3.05, 3.63) is 88.1 Å². The molecule has 0 fully saturated rings. The number of benzene rings is 1. The molecule has 1 heterocycles. The van der Waals surface area contributed by atoms with Gasteiger partial charge in [0.2, 0.25) is 0 Å². The number of aliphatic imine (C=N–C) groups is 2. The molecule has 0 N–H and O–H groups in total. The summed E-state index contributed by atoms with van der Waals surface area (Å²) in [5.74, 6) is 1.39. The number of aryl methyl sites for hydroxylation is 3. The van der Waals surface area contributed by atoms with Crippen molar-refractivity contribution >= 4 is 18.1 Å². The first-order valence-corrected chi connectivity index (χ1v) is 9.62. The quantitative estimate of drug-likeness (QED) is 0.373. The highest BCUT2D eigenvalue weighted by Gasteiger charge is 2.04. The molecule has 0 radical (unpaired) electrons. The topological polar surface area (TPSA) is 37.9 Å². The molecule has 3 nitrogen and oxygen atoms in total. The Hall–Kier alpha value is -2.94. The highest BCUT2D eigenvalue weighted by Crippen LogP contribution is 2.25. The first-order valence-electron chi connectivity index (χ1n) is 9.62. The lowest BCUT2D eigenvalue weighted by atomic mass is 10.1. The largest absolute Gasteiger partial charge is 0.454 e. The van der Waals surface area contributed by atoms with Crippen LogP contribution in [0.1, 0.15) is 55.4 Å². The third-order valence-electron chi connectivity index (χ3n) is 4.49. The molecule has 1 aromatic carbocycles. The van der Waals surface area contributed by atoms with Gasteiger partial charge in [-0.25, -0.2) is 0 Å². The Labute approximate surface area is 168 Å². The Morgan fingerprint density at radius 2 is 1.64 bits per heavy atom. The first kappa shape index (κ1) is 21.4. The molecule has 0 unspecified atom stereocenters. The third-order valence-corrected chi connectivity index (χ3v) is 4.49. The summed E-state index contributed by atoms with van der Waals surface area (Å²) in [6.45, 7) is 16.3. The fourth-order valence-electron chi connectivity index (χ4n) is 3.15. The van der Waals surface area contributed by atoms with Crippen LogP contribution in [-0.2, 0) is 0 Å². The van der Waals surface area contributed by atoms with Crippen LogP contribution in [0, 0.1) is 20.8 Å². The molecule has 0 amide bonds. The van der Waals surface area contributed by atoms with E-state index in [2.05, 4.69) is 69.4 Å². The van der Waals surface area contributed by atoms with Crippen LogP contribution in [0.3, 0.4) is 0 Å². The highest BCUT2D eigenvalue weighted by molar-refractivity contribution is 5.83. The fraction of sp³-hybridized carbons (Fsp3) is 0.280. The van der Waals surface area contributed by atoms with Gasteiger partial charge in [-0.05, 0) is 75.4 Å². The van der Waals surface area contributed by atoms with E-state index in [1.54, 1.807) is 12.4 Å². The maximum Gasteiger partial charge on any atom is 0.145 e. The van der Waals surface area contributed by atoms with Gasteiger partial charge in [0.05, 0.1) is 23.8 Å². The highest BCUT2D eigenvalue weighted by atomic mass is 16.3. The Balaban J connectivity index is 2.23. The van der Waals surface area contributed by atoms with Crippen LogP contribution in [0.5, 0.6) is 0 Å². The molecule has 3 heteroatoms. The van der Waals surface area contributed by atoms with Crippen LogP contribution in [0.2, 0.25) is 0 Å². The van der Waals surface area contributed by atoms with Crippen molar-refractivity contribution < 1.29 is 4.42 Å². The maximum absolute atomic E-state index is 5.85. The molecule has 0 aliphatic rings. The van der Waals surface area contributed by atoms with E-state index >= 15 is 0 Å². The maximum atomic E-state index is 5.85. The van der Waals surface area contributed by atoms with Gasteiger partial charge in [-0.15, -0.1) is 0 Å². The average molecular weight is 375 g/mol. The van der Waals surface area contributed by atoms with Crippen molar-refractivity contribution in [2.45, 2.75) is 48.0 Å². The van der Waals surface area contributed by atoms with Gasteiger partial charge in [0, 0.05) is 0 Å². The van der Waals surface area contributed by atoms with E-state index in [9.17, 15) is 0 Å². The SMILES string of the molecule is C=C/C(C)=C(N=Cc1ccc(C=Nc2c(C)cc(C)cc2C)o1)\C(C)=C/CC. The molecular formula is C25H30N2O. The van der Waals surface area contributed by atoms with Gasteiger partial charge in [0.25, 0.3) is 0 Å². The zero-order chi connectivity index (χ0) is 20.7. The molecule has 0 saturated heterocycles. The van der Waals surface area contributed by atoms with Crippen molar-refractivity contribution in [2.75, 3.05) is 0 Å². The fourth-order valence-corrected chi connectivity index (χ4v) is 3.15. The van der Waals surface area contributed by atoms with Gasteiger partial charge in [-0.1, -0.05) is 43.4 Å². The van der Waals surface area contributed by atoms with Crippen LogP contribution < -0.4 is 0 Å². The monoisotopic (exact) mass is 374 g/mol. The standard InChI is InChI=1S/C25H30N2O/c1-8-10-19(5)24(18(4)9-2)26-15-22-11-12-23(28-22)16-27-25-20(6)13-17(3)14-21(25)7/h9-16H,2,8H2,1,3-7H3/b19-10-,24-18+,26-15?,27-16?. The lowest BCUT2D eigenvalue weighted by Crippen LogP contribution is -1.88. The minimum absolute atomic E-state index is 0.692. The van der Waals surface area contributed by atoms with Crippen LogP contribution in [0.4, 0.5) is 5.69 Å². The smallest absolute Gasteiger partial charge is 0.145 e. The zero-order valence-corrected chi connectivity index (χ0v) is 17.8. The Bertz CT molecular complexity index is 945. The molecule has 2 rings (SSSR count). The molecule has 0 spiro atoms. The normalized spacial score (nSPS) is 13.4. The van der Waals surface area contributed by atoms with E-state index in [1.807, 2.05) is 25.1 Å². The van der Waals surface area contributed by atoms with Gasteiger partial charge in [-0.2, -0.15) is 0 Å². The second-order valence-corrected chi connectivity index (χ2v) is 7.03. The number of nitrogens with zero attached hydrogens (tertiary/aromatic N) is 2. The molecule has 28 heavy (non-hydrogen) atoms. The molecule has 0 bridgehead atoms. The van der Waals surface area contributed by atoms with Gasteiger partial charge in [-0.3, -0.25) is 9.98 Å². The number of rotatable bonds is 7. The Morgan fingerprint density at radius 3 is 2.21 bits per heavy atom. The van der Waals surface area contributed by atoms with E-state index in [0.717, 1.165) is 40.1 Å². The second-order valence-electron chi connectivity index (χ2n) is 7.03. The zero-order valence-electron chi connectivity index (χ0n) is 17.8. The van der Waals surface area contributed by atoms with Crippen molar-refractivity contribution in [3.63, 3.8) is 0 Å². The van der Waals surface area contributed by atoms with Crippen LogP contribution in [-0.4, -0.2) is 12.4 Å². The van der Waals surface area contributed by atoms with Gasteiger partial charge < -0.3 is 4.42 Å². The molecule has 0 aliphatic heterocycles. The molecule has 1 aromatic heterocycles. The molecule has 0 atom stereocenters. The van der Waals surface area contributed by atoms with Gasteiger partial charge >= 0.3 is 0 Å². The lowest BCUT2D eigenvalue weighted by molar-refractivity contribution is 0.553. The predicted octanol–water partition coefficient (Wildman–Crippen LogP) is 7.19. The van der Waals surface area contributed by atoms with Crippen molar-refractivity contribution in [2.24, 2.45) is 9.98 Å². The number of hydrogen-bond donors (Lipinski definition) is 0. The Morgan fingerprint density at radius 1 is 1.04 bits per heavy atom. The van der Waals surface area contributed by atoms with Crippen molar-refractivity contribution in [1.82, 2.24) is 0 Å². The van der Waals surface area contributed by atoms with E-state index in [1.165, 1.54) is 5.56 Å². The van der Waals surface area contributed by atoms with Crippen LogP contribution in [0.15, 0.2) is 74.2 Å². The minimum atomic E-state index is 0.692. The van der Waals surface area contributed by atoms with Gasteiger partial charge in [0.15, 0.2) is 0 Å². The summed E-state index contributed by atoms with van der Waals surface area (Å²) in [7, 11) is 0. The molecular weight excluding hydrogens is 344 g/mol. The van der Waals surface area contributed by atoms with E-state index in [0.29, 0.717) is 11.5 Å². The third kappa shape index (κ3) is 5.53. The first-order chi connectivity index (χ1) is 13.3. The van der Waals surface area contributed by atoms with Crippen LogP contribution in [0.25, 0.3) is 0 Å². The average Bonchev–Trinajstić information content (AvgIpc) is 3.08. The van der Waals surface area contributed by atoms with E-state index in [4.69, 9.17) is 4.42 Å².